The summed E-state index contributed by atoms with van der Waals surface area (Å²) in [5.41, 5.74) is 0. The maximum Gasteiger partial charge on any atom is 0.408 e. The van der Waals surface area contributed by atoms with E-state index in [1.54, 1.807) is 0 Å². The highest BCUT2D eigenvalue weighted by Crippen LogP contribution is 2.25. The van der Waals surface area contributed by atoms with Crippen molar-refractivity contribution in [2.24, 2.45) is 0 Å². The van der Waals surface area contributed by atoms with Crippen molar-refractivity contribution in [3.05, 3.63) is 0 Å². The van der Waals surface area contributed by atoms with Crippen LogP contribution in [-0.2, 0) is 4.79 Å². The molecule has 0 aromatic carbocycles. The van der Waals surface area contributed by atoms with Crippen LogP contribution in [0.15, 0.2) is 0 Å². The predicted octanol–water partition coefficient (Wildman–Crippen LogP) is 0.0173. The number of rotatable bonds is 0. The third kappa shape index (κ3) is 1.24. The van der Waals surface area contributed by atoms with Gasteiger partial charge in [-0.3, -0.25) is 9.69 Å². The van der Waals surface area contributed by atoms with Crippen LogP contribution in [0, 0.1) is 0 Å². The molecule has 72 valence electrons. The monoisotopic (exact) mass is 184 g/mol. The largest absolute Gasteiger partial charge is 0.465 e. The van der Waals surface area contributed by atoms with Crippen LogP contribution in [0.3, 0.4) is 0 Å². The minimum Gasteiger partial charge on any atom is -0.465 e. The van der Waals surface area contributed by atoms with Gasteiger partial charge in [0.15, 0.2) is 0 Å². The van der Waals surface area contributed by atoms with Gasteiger partial charge in [-0.05, 0) is 19.3 Å². The van der Waals surface area contributed by atoms with Gasteiger partial charge in [0, 0.05) is 6.54 Å². The second-order valence-corrected chi connectivity index (χ2v) is 3.54. The van der Waals surface area contributed by atoms with Gasteiger partial charge in [-0.15, -0.1) is 0 Å². The van der Waals surface area contributed by atoms with Crippen molar-refractivity contribution in [3.63, 3.8) is 0 Å². The SMILES string of the molecule is O=C1NCC2CCCC1N2C(=O)O. The number of carbonyl (C=O) groups excluding carboxylic acids is 1. The van der Waals surface area contributed by atoms with Crippen LogP contribution >= 0.6 is 0 Å². The van der Waals surface area contributed by atoms with E-state index in [4.69, 9.17) is 5.11 Å². The molecule has 2 bridgehead atoms. The average molecular weight is 184 g/mol. The molecule has 2 fully saturated rings. The van der Waals surface area contributed by atoms with E-state index in [2.05, 4.69) is 5.32 Å². The highest BCUT2D eigenvalue weighted by Gasteiger charge is 2.41. The van der Waals surface area contributed by atoms with Crippen LogP contribution in [-0.4, -0.2) is 40.6 Å². The number of nitrogens with zero attached hydrogens (tertiary/aromatic N) is 1. The van der Waals surface area contributed by atoms with Crippen LogP contribution in [0.5, 0.6) is 0 Å². The minimum absolute atomic E-state index is 0.00560. The van der Waals surface area contributed by atoms with E-state index in [0.717, 1.165) is 12.8 Å². The number of piperidine rings is 1. The predicted molar refractivity (Wildman–Crippen MR) is 44.3 cm³/mol. The molecule has 0 spiro atoms. The van der Waals surface area contributed by atoms with Crippen molar-refractivity contribution in [2.75, 3.05) is 6.54 Å². The topological polar surface area (TPSA) is 69.6 Å². The van der Waals surface area contributed by atoms with Crippen molar-refractivity contribution in [1.82, 2.24) is 10.2 Å². The smallest absolute Gasteiger partial charge is 0.408 e. The van der Waals surface area contributed by atoms with Gasteiger partial charge in [0.2, 0.25) is 5.91 Å². The molecule has 0 aliphatic carbocycles. The molecule has 2 heterocycles. The lowest BCUT2D eigenvalue weighted by atomic mass is 9.92. The first-order valence-corrected chi connectivity index (χ1v) is 4.49. The van der Waals surface area contributed by atoms with Gasteiger partial charge >= 0.3 is 6.09 Å². The molecule has 2 amide bonds. The summed E-state index contributed by atoms with van der Waals surface area (Å²) in [6.45, 7) is 0.474. The molecule has 2 unspecified atom stereocenters. The Balaban J connectivity index is 2.23. The lowest BCUT2D eigenvalue weighted by molar-refractivity contribution is -0.131. The zero-order valence-corrected chi connectivity index (χ0v) is 7.19. The Bertz CT molecular complexity index is 254. The molecule has 2 N–H and O–H groups in total. The third-order valence-electron chi connectivity index (χ3n) is 2.78. The normalized spacial score (nSPS) is 32.6. The van der Waals surface area contributed by atoms with Gasteiger partial charge in [0.05, 0.1) is 6.04 Å². The summed E-state index contributed by atoms with van der Waals surface area (Å²) in [4.78, 5) is 23.5. The van der Waals surface area contributed by atoms with Crippen LogP contribution in [0.1, 0.15) is 19.3 Å². The first-order chi connectivity index (χ1) is 6.20. The Morgan fingerprint density at radius 3 is 2.92 bits per heavy atom. The third-order valence-corrected chi connectivity index (χ3v) is 2.78. The summed E-state index contributed by atoms with van der Waals surface area (Å²) < 4.78 is 0. The molecule has 13 heavy (non-hydrogen) atoms. The van der Waals surface area contributed by atoms with Crippen molar-refractivity contribution < 1.29 is 14.7 Å². The van der Waals surface area contributed by atoms with E-state index in [0.29, 0.717) is 13.0 Å². The van der Waals surface area contributed by atoms with Crippen molar-refractivity contribution in [3.8, 4) is 0 Å². The van der Waals surface area contributed by atoms with Crippen LogP contribution in [0.4, 0.5) is 4.79 Å². The van der Waals surface area contributed by atoms with E-state index < -0.39 is 12.1 Å². The molecule has 2 rings (SSSR count). The number of piperazine rings is 1. The van der Waals surface area contributed by atoms with Crippen molar-refractivity contribution >= 4 is 12.0 Å². The molecule has 0 saturated carbocycles. The number of nitrogens with one attached hydrogen (secondary N) is 1. The molecule has 0 aromatic heterocycles. The lowest BCUT2D eigenvalue weighted by Gasteiger charge is -2.43. The fraction of sp³-hybridized carbons (Fsp3) is 0.750. The number of fused-ring (bicyclic) bond motifs is 2. The Labute approximate surface area is 75.7 Å². The van der Waals surface area contributed by atoms with Crippen LogP contribution in [0.25, 0.3) is 0 Å². The molecule has 2 aliphatic heterocycles. The second kappa shape index (κ2) is 2.90. The first kappa shape index (κ1) is 8.34. The summed E-state index contributed by atoms with van der Waals surface area (Å²) in [7, 11) is 0. The minimum atomic E-state index is -0.968. The maximum absolute atomic E-state index is 11.3. The Morgan fingerprint density at radius 2 is 2.31 bits per heavy atom. The van der Waals surface area contributed by atoms with Crippen LogP contribution < -0.4 is 5.32 Å². The summed E-state index contributed by atoms with van der Waals surface area (Å²) in [5.74, 6) is -0.140. The molecule has 5 nitrogen and oxygen atoms in total. The quantitative estimate of drug-likeness (QED) is 0.557. The van der Waals surface area contributed by atoms with E-state index in [1.807, 2.05) is 0 Å². The summed E-state index contributed by atoms with van der Waals surface area (Å²) >= 11 is 0. The van der Waals surface area contributed by atoms with Gasteiger partial charge in [-0.25, -0.2) is 4.79 Å². The molecular formula is C8H12N2O3. The average Bonchev–Trinajstić information content (AvgIpc) is 2.11. The molecular weight excluding hydrogens is 172 g/mol. The van der Waals surface area contributed by atoms with E-state index in [-0.39, 0.29) is 11.9 Å². The number of hydrogen-bond acceptors (Lipinski definition) is 2. The standard InChI is InChI=1S/C8H12N2O3/c11-7-6-3-1-2-5(4-9-7)10(6)8(12)13/h5-6H,1-4H2,(H,9,11)(H,12,13). The lowest BCUT2D eigenvalue weighted by Crippen LogP contribution is -2.63. The Morgan fingerprint density at radius 1 is 1.54 bits per heavy atom. The number of carboxylic acid groups (broad SMARTS) is 1. The molecule has 2 atom stereocenters. The fourth-order valence-corrected chi connectivity index (χ4v) is 2.16. The van der Waals surface area contributed by atoms with E-state index in [1.165, 1.54) is 4.90 Å². The van der Waals surface area contributed by atoms with E-state index in [9.17, 15) is 9.59 Å². The molecule has 0 aromatic rings. The maximum atomic E-state index is 11.3. The number of amides is 2. The van der Waals surface area contributed by atoms with Gasteiger partial charge in [0.1, 0.15) is 6.04 Å². The van der Waals surface area contributed by atoms with Crippen LogP contribution in [0.2, 0.25) is 0 Å². The molecule has 5 heteroatoms. The highest BCUT2D eigenvalue weighted by molar-refractivity contribution is 5.86. The molecule has 2 aliphatic rings. The van der Waals surface area contributed by atoms with Crippen molar-refractivity contribution in [1.29, 1.82) is 0 Å². The highest BCUT2D eigenvalue weighted by atomic mass is 16.4. The second-order valence-electron chi connectivity index (χ2n) is 3.54. The summed E-state index contributed by atoms with van der Waals surface area (Å²) in [5, 5.41) is 11.6. The zero-order valence-electron chi connectivity index (χ0n) is 7.19. The van der Waals surface area contributed by atoms with Gasteiger partial charge in [0.25, 0.3) is 0 Å². The summed E-state index contributed by atoms with van der Waals surface area (Å²) in [6.07, 6.45) is 1.51. The number of hydrogen-bond donors (Lipinski definition) is 2. The first-order valence-electron chi connectivity index (χ1n) is 4.49. The Hall–Kier alpha value is -1.26. The fourth-order valence-electron chi connectivity index (χ4n) is 2.16. The molecule has 0 radical (unpaired) electrons. The van der Waals surface area contributed by atoms with Gasteiger partial charge in [-0.2, -0.15) is 0 Å². The van der Waals surface area contributed by atoms with Crippen molar-refractivity contribution in [2.45, 2.75) is 31.3 Å². The van der Waals surface area contributed by atoms with Gasteiger partial charge < -0.3 is 10.4 Å². The van der Waals surface area contributed by atoms with Gasteiger partial charge in [-0.1, -0.05) is 0 Å². The molecule has 2 saturated heterocycles. The zero-order chi connectivity index (χ0) is 9.42. The Kier molecular flexibility index (Phi) is 1.86. The van der Waals surface area contributed by atoms with E-state index >= 15 is 0 Å². The summed E-state index contributed by atoms with van der Waals surface area (Å²) in [6, 6.07) is -0.445. The number of carbonyl (C=O) groups is 2.